The van der Waals surface area contributed by atoms with Gasteiger partial charge in [0.15, 0.2) is 0 Å². The molecule has 1 nitrogen and oxygen atoms in total. The number of allylic oxidation sites excluding steroid dienone is 10. The fourth-order valence-corrected chi connectivity index (χ4v) is 5.14. The quantitative estimate of drug-likeness (QED) is 0.292. The zero-order valence-corrected chi connectivity index (χ0v) is 17.2. The molecule has 3 unspecified atom stereocenters. The van der Waals surface area contributed by atoms with Crippen LogP contribution in [0.2, 0.25) is 0 Å². The highest BCUT2D eigenvalue weighted by molar-refractivity contribution is 7.44. The van der Waals surface area contributed by atoms with E-state index in [0.717, 1.165) is 31.8 Å². The van der Waals surface area contributed by atoms with E-state index in [9.17, 15) is 0 Å². The Kier molecular flexibility index (Phi) is 6.08. The maximum atomic E-state index is 8.96. The van der Waals surface area contributed by atoms with Gasteiger partial charge in [0.1, 0.15) is 0 Å². The fourth-order valence-electron chi connectivity index (χ4n) is 3.12. The van der Waals surface area contributed by atoms with Crippen LogP contribution in [0.3, 0.4) is 0 Å². The molecule has 0 spiro atoms. The summed E-state index contributed by atoms with van der Waals surface area (Å²) in [5.41, 5.74) is 6.40. The highest BCUT2D eigenvalue weighted by atomic mass is 31.1. The van der Waals surface area contributed by atoms with Crippen LogP contribution in [0, 0.1) is 22.7 Å². The van der Waals surface area contributed by atoms with E-state index in [4.69, 9.17) is 5.26 Å². The lowest BCUT2D eigenvalue weighted by molar-refractivity contribution is 0.656. The van der Waals surface area contributed by atoms with E-state index in [2.05, 4.69) is 71.2 Å². The van der Waals surface area contributed by atoms with Crippen LogP contribution in [0.25, 0.3) is 0 Å². The Morgan fingerprint density at radius 2 is 2.00 bits per heavy atom. The highest BCUT2D eigenvalue weighted by Gasteiger charge is 2.45. The smallest absolute Gasteiger partial charge is 0.0991 e. The molecule has 2 aliphatic carbocycles. The summed E-state index contributed by atoms with van der Waals surface area (Å²) in [6, 6.07) is 2.08. The lowest BCUT2D eigenvalue weighted by atomic mass is 9.96. The summed E-state index contributed by atoms with van der Waals surface area (Å²) in [6.45, 7) is 18.9. The van der Waals surface area contributed by atoms with Gasteiger partial charge in [0, 0.05) is 0 Å². The van der Waals surface area contributed by atoms with Crippen LogP contribution < -0.4 is 0 Å². The molecule has 0 bridgehead atoms. The molecule has 0 saturated heterocycles. The van der Waals surface area contributed by atoms with Gasteiger partial charge in [-0.2, -0.15) is 5.26 Å². The molecule has 0 aliphatic heterocycles. The standard InChI is InChI=1S/C23H30NP/c1-15-10-20(9-8-16(2)19(5)18(4)14-24)12-17(3)21(11-15)25-22-13-23(22,6)7/h8,10-12,20,22,25H,4-5,9,13H2,1-3,6-7H3. The second-order valence-electron chi connectivity index (χ2n) is 8.06. The molecular formula is C23H30NP. The van der Waals surface area contributed by atoms with E-state index in [0.29, 0.717) is 16.9 Å². The Morgan fingerprint density at radius 3 is 2.56 bits per heavy atom. The van der Waals surface area contributed by atoms with Gasteiger partial charge in [0.05, 0.1) is 11.6 Å². The predicted octanol–water partition coefficient (Wildman–Crippen LogP) is 6.84. The molecule has 0 amide bonds. The van der Waals surface area contributed by atoms with Crippen LogP contribution in [0.1, 0.15) is 47.5 Å². The molecular weight excluding hydrogens is 321 g/mol. The lowest BCUT2D eigenvalue weighted by Crippen LogP contribution is -1.94. The molecule has 0 N–H and O–H groups in total. The summed E-state index contributed by atoms with van der Waals surface area (Å²) in [7, 11) is 0.917. The van der Waals surface area contributed by atoms with Crippen molar-refractivity contribution in [1.82, 2.24) is 0 Å². The third-order valence-corrected chi connectivity index (χ3v) is 7.44. The van der Waals surface area contributed by atoms with Gasteiger partial charge in [-0.1, -0.05) is 65.5 Å². The lowest BCUT2D eigenvalue weighted by Gasteiger charge is -2.11. The van der Waals surface area contributed by atoms with Gasteiger partial charge in [0.2, 0.25) is 0 Å². The second kappa shape index (κ2) is 7.72. The Labute approximate surface area is 155 Å². The van der Waals surface area contributed by atoms with Crippen molar-refractivity contribution < 1.29 is 0 Å². The zero-order valence-electron chi connectivity index (χ0n) is 16.2. The van der Waals surface area contributed by atoms with Crippen LogP contribution in [0.15, 0.2) is 70.6 Å². The maximum Gasteiger partial charge on any atom is 0.0991 e. The monoisotopic (exact) mass is 351 g/mol. The van der Waals surface area contributed by atoms with Gasteiger partial charge in [-0.3, -0.25) is 0 Å². The van der Waals surface area contributed by atoms with E-state index in [1.165, 1.54) is 22.9 Å². The SMILES string of the molecule is C=C(C#N)C(=C)C(C)=CCC1C=C(C)C=C(PC2CC2(C)C)C(C)=C1. The number of rotatable bonds is 6. The summed E-state index contributed by atoms with van der Waals surface area (Å²) >= 11 is 0. The minimum Gasteiger partial charge on any atom is -0.192 e. The summed E-state index contributed by atoms with van der Waals surface area (Å²) in [4.78, 5) is 0. The minimum atomic E-state index is 0.392. The van der Waals surface area contributed by atoms with Crippen LogP contribution in [-0.4, -0.2) is 5.66 Å². The Hall–Kier alpha value is -1.64. The fraction of sp³-hybridized carbons (Fsp3) is 0.435. The first kappa shape index (κ1) is 19.7. The normalized spacial score (nSPS) is 25.6. The minimum absolute atomic E-state index is 0.392. The number of nitriles is 1. The number of hydrogen-bond donors (Lipinski definition) is 0. The topological polar surface area (TPSA) is 23.8 Å². The third kappa shape index (κ3) is 5.17. The summed E-state index contributed by atoms with van der Waals surface area (Å²) < 4.78 is 0. The van der Waals surface area contributed by atoms with Crippen molar-refractivity contribution in [2.24, 2.45) is 11.3 Å². The molecule has 0 aromatic carbocycles. The van der Waals surface area contributed by atoms with Gasteiger partial charge in [-0.05, 0) is 72.6 Å². The van der Waals surface area contributed by atoms with Crippen LogP contribution >= 0.6 is 8.58 Å². The summed E-state index contributed by atoms with van der Waals surface area (Å²) in [5, 5.41) is 10.5. The van der Waals surface area contributed by atoms with E-state index in [1.807, 2.05) is 6.92 Å². The molecule has 0 aromatic heterocycles. The molecule has 3 atom stereocenters. The van der Waals surface area contributed by atoms with Crippen LogP contribution in [-0.2, 0) is 0 Å². The molecule has 132 valence electrons. The van der Waals surface area contributed by atoms with Crippen molar-refractivity contribution >= 4 is 8.58 Å². The number of hydrogen-bond acceptors (Lipinski definition) is 1. The van der Waals surface area contributed by atoms with E-state index in [1.54, 1.807) is 0 Å². The predicted molar refractivity (Wildman–Crippen MR) is 112 cm³/mol. The van der Waals surface area contributed by atoms with Gasteiger partial charge >= 0.3 is 0 Å². The third-order valence-electron chi connectivity index (χ3n) is 5.25. The molecule has 2 rings (SSSR count). The summed E-state index contributed by atoms with van der Waals surface area (Å²) in [5.74, 6) is 0.392. The van der Waals surface area contributed by atoms with Crippen LogP contribution in [0.5, 0.6) is 0 Å². The zero-order chi connectivity index (χ0) is 18.8. The molecule has 0 radical (unpaired) electrons. The number of nitrogens with zero attached hydrogens (tertiary/aromatic N) is 1. The molecule has 2 aliphatic rings. The van der Waals surface area contributed by atoms with Crippen molar-refractivity contribution in [3.8, 4) is 6.07 Å². The Balaban J connectivity index is 2.08. The Bertz CT molecular complexity index is 749. The molecule has 0 heterocycles. The average molecular weight is 351 g/mol. The largest absolute Gasteiger partial charge is 0.192 e. The molecule has 1 saturated carbocycles. The van der Waals surface area contributed by atoms with Crippen molar-refractivity contribution in [3.05, 3.63) is 70.6 Å². The van der Waals surface area contributed by atoms with Crippen molar-refractivity contribution in [2.45, 2.75) is 53.1 Å². The van der Waals surface area contributed by atoms with Crippen molar-refractivity contribution in [2.75, 3.05) is 0 Å². The molecule has 0 aromatic rings. The molecule has 25 heavy (non-hydrogen) atoms. The van der Waals surface area contributed by atoms with Gasteiger partial charge in [-0.15, -0.1) is 0 Å². The first-order valence-corrected chi connectivity index (χ1v) is 10.0. The molecule has 2 heteroatoms. The Morgan fingerprint density at radius 1 is 1.36 bits per heavy atom. The first-order chi connectivity index (χ1) is 11.6. The maximum absolute atomic E-state index is 8.96. The molecule has 1 fully saturated rings. The van der Waals surface area contributed by atoms with Crippen LogP contribution in [0.4, 0.5) is 0 Å². The van der Waals surface area contributed by atoms with Gasteiger partial charge < -0.3 is 0 Å². The first-order valence-electron chi connectivity index (χ1n) is 8.95. The van der Waals surface area contributed by atoms with E-state index < -0.39 is 0 Å². The van der Waals surface area contributed by atoms with Gasteiger partial charge in [-0.25, -0.2) is 0 Å². The van der Waals surface area contributed by atoms with Gasteiger partial charge in [0.25, 0.3) is 0 Å². The average Bonchev–Trinajstić information content (AvgIpc) is 3.18. The highest BCUT2D eigenvalue weighted by Crippen LogP contribution is 2.59. The van der Waals surface area contributed by atoms with Crippen molar-refractivity contribution in [1.29, 1.82) is 5.26 Å². The second-order valence-corrected chi connectivity index (χ2v) is 9.59. The van der Waals surface area contributed by atoms with E-state index >= 15 is 0 Å². The van der Waals surface area contributed by atoms with Crippen molar-refractivity contribution in [3.63, 3.8) is 0 Å². The summed E-state index contributed by atoms with van der Waals surface area (Å²) in [6.07, 6.45) is 11.6. The van der Waals surface area contributed by atoms with E-state index in [-0.39, 0.29) is 0 Å².